The van der Waals surface area contributed by atoms with E-state index < -0.39 is 28.4 Å². The number of hydrogen-bond acceptors (Lipinski definition) is 0. The second kappa shape index (κ2) is 2.87. The van der Waals surface area contributed by atoms with Crippen LogP contribution in [0.3, 0.4) is 0 Å². The molecule has 0 aliphatic carbocycles. The van der Waals surface area contributed by atoms with Crippen LogP contribution >= 0.6 is 12.9 Å². The minimum absolute atomic E-state index is 2.18. The lowest BCUT2D eigenvalue weighted by molar-refractivity contribution is -0.242. The molecule has 52 valence electrons. The topological polar surface area (TPSA) is 0 Å². The van der Waals surface area contributed by atoms with Gasteiger partial charge in [0.1, 0.15) is 0 Å². The van der Waals surface area contributed by atoms with Gasteiger partial charge in [-0.25, -0.2) is 8.78 Å². The minimum atomic E-state index is -5.37. The lowest BCUT2D eigenvalue weighted by atomic mass is 10.7. The first-order chi connectivity index (χ1) is 3.81. The standard InChI is InChI=1S/C2F5.BrH.Mg/c3-1(4)2(5,6)7;;/h;1H;/q;;+1/p-1. The second-order valence-corrected chi connectivity index (χ2v) is 4.17. The molecule has 0 aromatic heterocycles. The lowest BCUT2D eigenvalue weighted by Gasteiger charge is -2.16. The maximum absolute atomic E-state index is 11.5. The molecule has 0 spiro atoms. The Labute approximate surface area is 63.4 Å². The highest BCUT2D eigenvalue weighted by molar-refractivity contribution is 9.23. The van der Waals surface area contributed by atoms with Crippen molar-refractivity contribution in [2.24, 2.45) is 0 Å². The van der Waals surface area contributed by atoms with Crippen LogP contribution in [0.4, 0.5) is 22.0 Å². The Kier molecular flexibility index (Phi) is 3.16. The molecule has 0 unspecified atom stereocenters. The van der Waals surface area contributed by atoms with E-state index in [9.17, 15) is 22.0 Å². The molecule has 0 bridgehead atoms. The summed E-state index contributed by atoms with van der Waals surface area (Å²) in [7, 11) is 0. The van der Waals surface area contributed by atoms with Crippen molar-refractivity contribution in [3.8, 4) is 0 Å². The second-order valence-electron chi connectivity index (χ2n) is 1.34. The van der Waals surface area contributed by atoms with Crippen LogP contribution in [0.15, 0.2) is 0 Å². The third kappa shape index (κ3) is 2.54. The van der Waals surface area contributed by atoms with Crippen LogP contribution < -0.4 is 0 Å². The normalized spacial score (nSPS) is 13.1. The van der Waals surface area contributed by atoms with Gasteiger partial charge in [-0.05, 0) is 0 Å². The Morgan fingerprint density at radius 3 is 1.33 bits per heavy atom. The molecule has 0 saturated heterocycles. The molecule has 0 fully saturated rings. The van der Waals surface area contributed by atoms with Gasteiger partial charge in [0, 0.05) is 0 Å². The molecule has 0 radical (unpaired) electrons. The van der Waals surface area contributed by atoms with Gasteiger partial charge in [0.25, 0.3) is 0 Å². The molecule has 0 aromatic carbocycles. The van der Waals surface area contributed by atoms with Crippen LogP contribution in [0.5, 0.6) is 0 Å². The first-order valence-corrected chi connectivity index (χ1v) is 6.42. The average molecular weight is 223 g/mol. The van der Waals surface area contributed by atoms with E-state index in [1.807, 2.05) is 0 Å². The van der Waals surface area contributed by atoms with Gasteiger partial charge in [-0.15, -0.1) is 0 Å². The van der Waals surface area contributed by atoms with E-state index in [0.717, 1.165) is 0 Å². The Bertz CT molecular complexity index is 97.6. The summed E-state index contributed by atoms with van der Waals surface area (Å²) in [5.41, 5.74) is 0. The van der Waals surface area contributed by atoms with Crippen LogP contribution in [0, 0.1) is 0 Å². The summed E-state index contributed by atoms with van der Waals surface area (Å²) in [6.45, 7) is 0. The van der Waals surface area contributed by atoms with E-state index in [1.54, 1.807) is 0 Å². The first-order valence-electron chi connectivity index (χ1n) is 1.82. The summed E-state index contributed by atoms with van der Waals surface area (Å²) in [6.07, 6.45) is -5.37. The van der Waals surface area contributed by atoms with Crippen LogP contribution in [0.1, 0.15) is 0 Å². The molecule has 7 heteroatoms. The van der Waals surface area contributed by atoms with Gasteiger partial charge in [-0.1, -0.05) is 0 Å². The summed E-state index contributed by atoms with van der Waals surface area (Å²) in [6, 6.07) is 0. The first kappa shape index (κ1) is 9.90. The van der Waals surface area contributed by atoms with Crippen molar-refractivity contribution in [2.45, 2.75) is 10.2 Å². The Morgan fingerprint density at radius 2 is 1.33 bits per heavy atom. The van der Waals surface area contributed by atoms with Crippen LogP contribution in [-0.4, -0.2) is 28.4 Å². The zero-order valence-corrected chi connectivity index (χ0v) is 6.98. The monoisotopic (exact) mass is 222 g/mol. The molecular formula is C2BrF5Mg. The maximum atomic E-state index is 11.5. The van der Waals surface area contributed by atoms with Crippen molar-refractivity contribution in [3.05, 3.63) is 0 Å². The summed E-state index contributed by atoms with van der Waals surface area (Å²) >= 11 is -0.333. The Balaban J connectivity index is 4.14. The molecule has 0 nitrogen and oxygen atoms in total. The predicted molar refractivity (Wildman–Crippen MR) is 25.7 cm³/mol. The molecule has 0 aliphatic rings. The van der Waals surface area contributed by atoms with E-state index in [-0.39, 0.29) is 0 Å². The van der Waals surface area contributed by atoms with Gasteiger partial charge >= 0.3 is 24.4 Å². The van der Waals surface area contributed by atoms with Crippen LogP contribution in [0.2, 0.25) is 0 Å². The summed E-state index contributed by atoms with van der Waals surface area (Å²) in [5.74, 6) is 0. The summed E-state index contributed by atoms with van der Waals surface area (Å²) in [5, 5.41) is 0. The quantitative estimate of drug-likeness (QED) is 0.472. The fraction of sp³-hybridized carbons (Fsp3) is 1.00. The summed E-state index contributed by atoms with van der Waals surface area (Å²) in [4.78, 5) is 0. The fourth-order valence-corrected chi connectivity index (χ4v) is 1.18. The molecule has 0 N–H and O–H groups in total. The van der Waals surface area contributed by atoms with Gasteiger partial charge in [0.15, 0.2) is 0 Å². The molecule has 0 amide bonds. The SMILES string of the molecule is FC(F)(F)[C](F)(F)[Mg][Br]. The predicted octanol–water partition coefficient (Wildman–Crippen LogP) is 2.16. The molecule has 0 aromatic rings. The fourth-order valence-electron chi connectivity index (χ4n) is 0.0758. The van der Waals surface area contributed by atoms with Crippen molar-refractivity contribution in [3.63, 3.8) is 0 Å². The molecule has 0 aliphatic heterocycles. The van der Waals surface area contributed by atoms with Crippen molar-refractivity contribution in [2.75, 3.05) is 0 Å². The molecule has 0 saturated carbocycles. The van der Waals surface area contributed by atoms with Gasteiger partial charge in [-0.3, -0.25) is 12.9 Å². The van der Waals surface area contributed by atoms with Crippen molar-refractivity contribution in [1.29, 1.82) is 0 Å². The summed E-state index contributed by atoms with van der Waals surface area (Å²) < 4.78 is 51.9. The minimum Gasteiger partial charge on any atom is -0.293 e. The van der Waals surface area contributed by atoms with Gasteiger partial charge < -0.3 is 0 Å². The zero-order valence-electron chi connectivity index (χ0n) is 3.97. The van der Waals surface area contributed by atoms with Crippen molar-refractivity contribution in [1.82, 2.24) is 0 Å². The number of alkyl halides is 5. The van der Waals surface area contributed by atoms with Crippen LogP contribution in [0.25, 0.3) is 0 Å². The zero-order chi connectivity index (χ0) is 7.71. The van der Waals surface area contributed by atoms with Gasteiger partial charge in [0.2, 0.25) is 4.05 Å². The average Bonchev–Trinajstić information content (AvgIpc) is 1.64. The van der Waals surface area contributed by atoms with E-state index >= 15 is 0 Å². The molecular weight excluding hydrogens is 223 g/mol. The Hall–Kier alpha value is 0.896. The largest absolute Gasteiger partial charge is 0.589 e. The van der Waals surface area contributed by atoms with Crippen molar-refractivity contribution >= 4 is 31.1 Å². The van der Waals surface area contributed by atoms with Crippen molar-refractivity contribution < 1.29 is 22.0 Å². The smallest absolute Gasteiger partial charge is 0.293 e. The maximum Gasteiger partial charge on any atom is 0.589 e. The van der Waals surface area contributed by atoms with Crippen LogP contribution in [-0.2, 0) is 0 Å². The van der Waals surface area contributed by atoms with Gasteiger partial charge in [0.05, 0.1) is 0 Å². The lowest BCUT2D eigenvalue weighted by Crippen LogP contribution is -2.39. The third-order valence-electron chi connectivity index (χ3n) is 0.583. The number of halogens is 6. The Morgan fingerprint density at radius 1 is 1.00 bits per heavy atom. The highest BCUT2D eigenvalue weighted by Gasteiger charge is 2.56. The third-order valence-corrected chi connectivity index (χ3v) is 3.43. The van der Waals surface area contributed by atoms with E-state index in [1.165, 1.54) is 0 Å². The van der Waals surface area contributed by atoms with E-state index in [0.29, 0.717) is 0 Å². The highest BCUT2D eigenvalue weighted by atomic mass is 79.9. The molecule has 0 heterocycles. The van der Waals surface area contributed by atoms with E-state index in [4.69, 9.17) is 0 Å². The molecule has 0 atom stereocenters. The molecule has 0 rings (SSSR count). The van der Waals surface area contributed by atoms with E-state index in [2.05, 4.69) is 12.9 Å². The highest BCUT2D eigenvalue weighted by Crippen LogP contribution is 2.35. The number of rotatable bonds is 1. The van der Waals surface area contributed by atoms with Gasteiger partial charge in [-0.2, -0.15) is 13.2 Å². The number of hydrogen-bond donors (Lipinski definition) is 0. The molecule has 9 heavy (non-hydrogen) atoms.